The van der Waals surface area contributed by atoms with Gasteiger partial charge in [0.1, 0.15) is 6.54 Å². The lowest BCUT2D eigenvalue weighted by molar-refractivity contribution is -0.143. The highest BCUT2D eigenvalue weighted by Gasteiger charge is 2.59. The van der Waals surface area contributed by atoms with E-state index in [9.17, 15) is 14.4 Å². The smallest absolute Gasteiger partial charge is 0.253 e. The molecule has 2 fully saturated rings. The van der Waals surface area contributed by atoms with E-state index in [0.717, 1.165) is 34.4 Å². The number of aromatic nitrogens is 1. The molecule has 0 N–H and O–H groups in total. The minimum Gasteiger partial charge on any atom is -0.274 e. The van der Waals surface area contributed by atoms with E-state index in [2.05, 4.69) is 12.2 Å². The van der Waals surface area contributed by atoms with E-state index in [1.54, 1.807) is 4.90 Å². The first-order valence-corrected chi connectivity index (χ1v) is 13.2. The van der Waals surface area contributed by atoms with E-state index in [1.807, 2.05) is 68.6 Å². The molecule has 36 heavy (non-hydrogen) atoms. The van der Waals surface area contributed by atoms with Crippen LogP contribution in [0.25, 0.3) is 11.3 Å². The first kappa shape index (κ1) is 22.9. The average molecular weight is 498 g/mol. The van der Waals surface area contributed by atoms with E-state index in [0.29, 0.717) is 10.8 Å². The zero-order valence-electron chi connectivity index (χ0n) is 20.5. The quantitative estimate of drug-likeness (QED) is 0.359. The van der Waals surface area contributed by atoms with E-state index in [4.69, 9.17) is 4.98 Å². The van der Waals surface area contributed by atoms with Crippen molar-refractivity contribution in [2.24, 2.45) is 23.7 Å². The topological polar surface area (TPSA) is 70.6 Å². The van der Waals surface area contributed by atoms with Gasteiger partial charge in [-0.05, 0) is 56.2 Å². The molecule has 0 radical (unpaired) electrons. The molecule has 2 bridgehead atoms. The Morgan fingerprint density at radius 2 is 1.61 bits per heavy atom. The molecule has 2 aliphatic carbocycles. The second-order valence-electron chi connectivity index (χ2n) is 10.2. The monoisotopic (exact) mass is 497 g/mol. The summed E-state index contributed by atoms with van der Waals surface area (Å²) in [6, 6.07) is 14.0. The van der Waals surface area contributed by atoms with Crippen molar-refractivity contribution in [2.45, 2.75) is 27.2 Å². The molecule has 3 aromatic rings. The molecular weight excluding hydrogens is 470 g/mol. The van der Waals surface area contributed by atoms with Crippen LogP contribution in [-0.4, -0.2) is 34.2 Å². The minimum atomic E-state index is -0.338. The van der Waals surface area contributed by atoms with Crippen LogP contribution in [0.5, 0.6) is 0 Å². The molecule has 3 amide bonds. The molecule has 1 saturated heterocycles. The Morgan fingerprint density at radius 1 is 0.972 bits per heavy atom. The highest BCUT2D eigenvalue weighted by molar-refractivity contribution is 7.14. The normalized spacial score (nSPS) is 24.0. The number of hydrogen-bond donors (Lipinski definition) is 0. The Bertz CT molecular complexity index is 1390. The first-order valence-electron chi connectivity index (χ1n) is 12.3. The molecule has 1 saturated carbocycles. The largest absolute Gasteiger partial charge is 0.274 e. The van der Waals surface area contributed by atoms with Gasteiger partial charge >= 0.3 is 0 Å². The molecule has 182 valence electrons. The average Bonchev–Trinajstić information content (AvgIpc) is 3.64. The van der Waals surface area contributed by atoms with Crippen LogP contribution in [0.15, 0.2) is 60.0 Å². The molecule has 4 atom stereocenters. The summed E-state index contributed by atoms with van der Waals surface area (Å²) in [5.74, 6) is -1.17. The van der Waals surface area contributed by atoms with Gasteiger partial charge in [0.15, 0.2) is 5.13 Å². The summed E-state index contributed by atoms with van der Waals surface area (Å²) < 4.78 is 0. The van der Waals surface area contributed by atoms with E-state index in [-0.39, 0.29) is 47.9 Å². The number of fused-ring (bicyclic) bond motifs is 5. The SMILES string of the molecule is Cc1ccc(-c2csc(N(C(=O)CN3C(=O)C4C5C=CC(C5)C4C3=O)c3cc(C)ccc3C)n2)cc1. The van der Waals surface area contributed by atoms with Gasteiger partial charge in [-0.3, -0.25) is 24.2 Å². The second-order valence-corrected chi connectivity index (χ2v) is 11.0. The number of aryl methyl sites for hydroxylation is 3. The summed E-state index contributed by atoms with van der Waals surface area (Å²) in [7, 11) is 0. The van der Waals surface area contributed by atoms with Crippen LogP contribution in [0.3, 0.4) is 0 Å². The van der Waals surface area contributed by atoms with Crippen molar-refractivity contribution < 1.29 is 14.4 Å². The highest BCUT2D eigenvalue weighted by atomic mass is 32.1. The van der Waals surface area contributed by atoms with E-state index >= 15 is 0 Å². The van der Waals surface area contributed by atoms with Crippen LogP contribution in [-0.2, 0) is 14.4 Å². The Labute approximate surface area is 214 Å². The van der Waals surface area contributed by atoms with Crippen molar-refractivity contribution in [3.05, 3.63) is 76.7 Å². The van der Waals surface area contributed by atoms with Gasteiger partial charge in [-0.2, -0.15) is 0 Å². The number of allylic oxidation sites excluding steroid dienone is 2. The maximum Gasteiger partial charge on any atom is 0.253 e. The van der Waals surface area contributed by atoms with Crippen LogP contribution in [0.2, 0.25) is 0 Å². The summed E-state index contributed by atoms with van der Waals surface area (Å²) in [6.45, 7) is 5.68. The summed E-state index contributed by atoms with van der Waals surface area (Å²) in [4.78, 5) is 47.9. The molecular formula is C29H27N3O3S. The van der Waals surface area contributed by atoms with Gasteiger partial charge < -0.3 is 0 Å². The number of rotatable bonds is 5. The number of hydrogen-bond acceptors (Lipinski definition) is 5. The number of thiazole rings is 1. The Kier molecular flexibility index (Phi) is 5.41. The summed E-state index contributed by atoms with van der Waals surface area (Å²) >= 11 is 1.38. The van der Waals surface area contributed by atoms with Crippen molar-refractivity contribution in [3.8, 4) is 11.3 Å². The molecule has 3 aliphatic rings. The number of imide groups is 1. The molecule has 4 unspecified atom stereocenters. The fraction of sp³-hybridized carbons (Fsp3) is 0.310. The van der Waals surface area contributed by atoms with Crippen molar-refractivity contribution >= 4 is 39.9 Å². The number of carbonyl (C=O) groups is 3. The summed E-state index contributed by atoms with van der Waals surface area (Å²) in [5, 5.41) is 2.45. The first-order chi connectivity index (χ1) is 17.3. The van der Waals surface area contributed by atoms with Crippen LogP contribution >= 0.6 is 11.3 Å². The third-order valence-corrected chi connectivity index (χ3v) is 8.57. The van der Waals surface area contributed by atoms with Gasteiger partial charge in [0, 0.05) is 10.9 Å². The molecule has 1 aromatic heterocycles. The summed E-state index contributed by atoms with van der Waals surface area (Å²) in [5.41, 5.74) is 5.55. The predicted octanol–water partition coefficient (Wildman–Crippen LogP) is 5.21. The highest BCUT2D eigenvalue weighted by Crippen LogP contribution is 2.52. The van der Waals surface area contributed by atoms with Gasteiger partial charge in [-0.15, -0.1) is 11.3 Å². The van der Waals surface area contributed by atoms with Crippen LogP contribution in [0, 0.1) is 44.4 Å². The molecule has 2 aromatic carbocycles. The van der Waals surface area contributed by atoms with Crippen LogP contribution in [0.4, 0.5) is 10.8 Å². The van der Waals surface area contributed by atoms with Gasteiger partial charge in [0.05, 0.1) is 23.2 Å². The Balaban J connectivity index is 1.34. The fourth-order valence-electron chi connectivity index (χ4n) is 5.85. The predicted molar refractivity (Wildman–Crippen MR) is 140 cm³/mol. The number of likely N-dealkylation sites (tertiary alicyclic amines) is 1. The maximum absolute atomic E-state index is 13.9. The van der Waals surface area contributed by atoms with Gasteiger partial charge in [-0.1, -0.05) is 54.1 Å². The number of anilines is 2. The summed E-state index contributed by atoms with van der Waals surface area (Å²) in [6.07, 6.45) is 4.99. The van der Waals surface area contributed by atoms with Gasteiger partial charge in [0.25, 0.3) is 5.91 Å². The van der Waals surface area contributed by atoms with Crippen molar-refractivity contribution in [1.29, 1.82) is 0 Å². The molecule has 1 aliphatic heterocycles. The maximum atomic E-state index is 13.9. The Hall–Kier alpha value is -3.58. The van der Waals surface area contributed by atoms with Crippen molar-refractivity contribution in [2.75, 3.05) is 11.4 Å². The second kappa shape index (κ2) is 8.52. The molecule has 2 heterocycles. The zero-order valence-corrected chi connectivity index (χ0v) is 21.3. The number of amides is 3. The minimum absolute atomic E-state index is 0.114. The third-order valence-electron chi connectivity index (χ3n) is 7.74. The third kappa shape index (κ3) is 3.61. The Morgan fingerprint density at radius 3 is 2.28 bits per heavy atom. The number of nitrogens with zero attached hydrogens (tertiary/aromatic N) is 3. The van der Waals surface area contributed by atoms with Crippen LogP contribution < -0.4 is 4.90 Å². The van der Waals surface area contributed by atoms with E-state index in [1.165, 1.54) is 16.2 Å². The van der Waals surface area contributed by atoms with Crippen molar-refractivity contribution in [1.82, 2.24) is 9.88 Å². The van der Waals surface area contributed by atoms with Gasteiger partial charge in [0.2, 0.25) is 11.8 Å². The lowest BCUT2D eigenvalue weighted by Crippen LogP contribution is -2.42. The van der Waals surface area contributed by atoms with Crippen LogP contribution in [0.1, 0.15) is 23.1 Å². The fourth-order valence-corrected chi connectivity index (χ4v) is 6.72. The number of benzene rings is 2. The molecule has 6 nitrogen and oxygen atoms in total. The standard InChI is InChI=1S/C29H27N3O3S/c1-16-5-8-19(9-6-16)22-15-36-29(30-22)32(23-12-17(2)4-7-18(23)3)24(33)14-31-27(34)25-20-10-11-21(13-20)26(25)28(31)35/h4-12,15,20-21,25-26H,13-14H2,1-3H3. The zero-order chi connectivity index (χ0) is 25.1. The molecule has 6 rings (SSSR count). The van der Waals surface area contributed by atoms with E-state index < -0.39 is 0 Å². The van der Waals surface area contributed by atoms with Crippen molar-refractivity contribution in [3.63, 3.8) is 0 Å². The van der Waals surface area contributed by atoms with Gasteiger partial charge in [-0.25, -0.2) is 4.98 Å². The lowest BCUT2D eigenvalue weighted by atomic mass is 9.85. The molecule has 7 heteroatoms. The number of carbonyl (C=O) groups excluding carboxylic acids is 3. The lowest BCUT2D eigenvalue weighted by Gasteiger charge is -2.25. The molecule has 0 spiro atoms.